The fourth-order valence-corrected chi connectivity index (χ4v) is 3.10. The topological polar surface area (TPSA) is 26.3 Å². The average molecular weight is 351 g/mol. The van der Waals surface area contributed by atoms with Gasteiger partial charge in [-0.2, -0.15) is 0 Å². The molecule has 0 aliphatic heterocycles. The Balaban J connectivity index is 0. The first-order valence-corrected chi connectivity index (χ1v) is 10.4. The van der Waals surface area contributed by atoms with Crippen molar-refractivity contribution in [2.24, 2.45) is 0 Å². The van der Waals surface area contributed by atoms with E-state index in [0.717, 1.165) is 6.42 Å². The van der Waals surface area contributed by atoms with Gasteiger partial charge in [0.05, 0.1) is 7.11 Å². The molecule has 140 valence electrons. The molecular formula is C21H43NaO2. The van der Waals surface area contributed by atoms with Gasteiger partial charge in [0, 0.05) is 6.42 Å². The molecule has 0 fully saturated rings. The van der Waals surface area contributed by atoms with E-state index in [9.17, 15) is 4.79 Å². The van der Waals surface area contributed by atoms with Gasteiger partial charge in [0.15, 0.2) is 0 Å². The van der Waals surface area contributed by atoms with Gasteiger partial charge in [-0.15, -0.1) is 0 Å². The Bertz CT molecular complexity index is 244. The van der Waals surface area contributed by atoms with Crippen LogP contribution in [0.5, 0.6) is 0 Å². The molecule has 0 aromatic carbocycles. The quantitative estimate of drug-likeness (QED) is 0.159. The van der Waals surface area contributed by atoms with Crippen LogP contribution in [0.1, 0.15) is 122 Å². The second-order valence-electron chi connectivity index (χ2n) is 6.98. The van der Waals surface area contributed by atoms with Crippen LogP contribution in [0.2, 0.25) is 0 Å². The van der Waals surface area contributed by atoms with Gasteiger partial charge in [-0.1, -0.05) is 110 Å². The zero-order valence-electron chi connectivity index (χ0n) is 16.0. The Morgan fingerprint density at radius 1 is 0.583 bits per heavy atom. The molecule has 24 heavy (non-hydrogen) atoms. The van der Waals surface area contributed by atoms with Gasteiger partial charge < -0.3 is 4.74 Å². The molecule has 0 bridgehead atoms. The average Bonchev–Trinajstić information content (AvgIpc) is 2.57. The monoisotopic (exact) mass is 350 g/mol. The molecule has 0 amide bonds. The van der Waals surface area contributed by atoms with Gasteiger partial charge in [-0.25, -0.2) is 0 Å². The summed E-state index contributed by atoms with van der Waals surface area (Å²) in [7, 11) is 1.47. The van der Waals surface area contributed by atoms with Gasteiger partial charge in [0.25, 0.3) is 0 Å². The summed E-state index contributed by atoms with van der Waals surface area (Å²) in [5.41, 5.74) is 0. The fraction of sp³-hybridized carbons (Fsp3) is 0.952. The van der Waals surface area contributed by atoms with Gasteiger partial charge in [-0.3, -0.25) is 4.79 Å². The molecule has 0 atom stereocenters. The van der Waals surface area contributed by atoms with E-state index >= 15 is 0 Å². The molecule has 0 heterocycles. The summed E-state index contributed by atoms with van der Waals surface area (Å²) in [6.45, 7) is 2.28. The minimum absolute atomic E-state index is 0. The van der Waals surface area contributed by atoms with Crippen LogP contribution in [0.25, 0.3) is 0 Å². The normalized spacial score (nSPS) is 10.4. The van der Waals surface area contributed by atoms with Crippen molar-refractivity contribution in [3.63, 3.8) is 0 Å². The Kier molecular flexibility index (Phi) is 26.1. The molecule has 0 unspecified atom stereocenters. The van der Waals surface area contributed by atoms with Crippen molar-refractivity contribution >= 4 is 35.5 Å². The number of unbranched alkanes of at least 4 members (excludes halogenated alkanes) is 16. The summed E-state index contributed by atoms with van der Waals surface area (Å²) < 4.78 is 4.64. The predicted molar refractivity (Wildman–Crippen MR) is 108 cm³/mol. The maximum atomic E-state index is 10.9. The third-order valence-electron chi connectivity index (χ3n) is 4.71. The number of carbonyl (C=O) groups is 1. The second-order valence-corrected chi connectivity index (χ2v) is 6.98. The SMILES string of the molecule is CCCCCCCCCCCCCCCCCCCC(=O)OC.[NaH]. The Morgan fingerprint density at radius 3 is 1.17 bits per heavy atom. The van der Waals surface area contributed by atoms with Gasteiger partial charge in [0.1, 0.15) is 0 Å². The molecule has 0 rings (SSSR count). The summed E-state index contributed by atoms with van der Waals surface area (Å²) in [4.78, 5) is 10.9. The summed E-state index contributed by atoms with van der Waals surface area (Å²) in [5.74, 6) is -0.0639. The van der Waals surface area contributed by atoms with Crippen LogP contribution >= 0.6 is 0 Å². The Labute approximate surface area is 174 Å². The van der Waals surface area contributed by atoms with Crippen LogP contribution in [0.3, 0.4) is 0 Å². The van der Waals surface area contributed by atoms with Crippen molar-refractivity contribution in [1.29, 1.82) is 0 Å². The summed E-state index contributed by atoms with van der Waals surface area (Å²) >= 11 is 0. The van der Waals surface area contributed by atoms with E-state index in [1.54, 1.807) is 0 Å². The first-order valence-electron chi connectivity index (χ1n) is 10.4. The van der Waals surface area contributed by atoms with E-state index in [4.69, 9.17) is 0 Å². The number of hydrogen-bond acceptors (Lipinski definition) is 2. The van der Waals surface area contributed by atoms with Gasteiger partial charge >= 0.3 is 35.5 Å². The van der Waals surface area contributed by atoms with E-state index in [0.29, 0.717) is 6.42 Å². The second kappa shape index (κ2) is 23.5. The van der Waals surface area contributed by atoms with E-state index in [1.807, 2.05) is 0 Å². The number of ether oxygens (including phenoxy) is 1. The molecule has 0 saturated heterocycles. The molecule has 0 spiro atoms. The number of rotatable bonds is 18. The number of carbonyl (C=O) groups excluding carboxylic acids is 1. The van der Waals surface area contributed by atoms with E-state index in [2.05, 4.69) is 11.7 Å². The first kappa shape index (κ1) is 26.7. The van der Waals surface area contributed by atoms with Crippen molar-refractivity contribution < 1.29 is 9.53 Å². The number of hydrogen-bond donors (Lipinski definition) is 0. The molecule has 3 heteroatoms. The Morgan fingerprint density at radius 2 is 0.875 bits per heavy atom. The standard InChI is InChI=1S/C21H42O2.Na.H/c1-3-4-5-6-7-8-9-10-11-12-13-14-15-16-17-18-19-20-21(22)23-2;;/h3-20H2,1-2H3;;. The zero-order valence-corrected chi connectivity index (χ0v) is 16.0. The number of methoxy groups -OCH3 is 1. The van der Waals surface area contributed by atoms with Crippen LogP contribution in [-0.2, 0) is 9.53 Å². The van der Waals surface area contributed by atoms with Crippen molar-refractivity contribution in [2.75, 3.05) is 7.11 Å². The fourth-order valence-electron chi connectivity index (χ4n) is 3.10. The van der Waals surface area contributed by atoms with Crippen LogP contribution in [0, 0.1) is 0 Å². The van der Waals surface area contributed by atoms with Gasteiger partial charge in [-0.05, 0) is 6.42 Å². The van der Waals surface area contributed by atoms with E-state index in [-0.39, 0.29) is 35.5 Å². The predicted octanol–water partition coefficient (Wildman–Crippen LogP) is 6.55. The molecule has 0 radical (unpaired) electrons. The third-order valence-corrected chi connectivity index (χ3v) is 4.71. The van der Waals surface area contributed by atoms with Crippen LogP contribution in [0.4, 0.5) is 0 Å². The van der Waals surface area contributed by atoms with Crippen LogP contribution < -0.4 is 0 Å². The van der Waals surface area contributed by atoms with Crippen molar-refractivity contribution in [1.82, 2.24) is 0 Å². The molecule has 0 saturated carbocycles. The molecule has 0 N–H and O–H groups in total. The van der Waals surface area contributed by atoms with Crippen molar-refractivity contribution in [2.45, 2.75) is 122 Å². The summed E-state index contributed by atoms with van der Waals surface area (Å²) in [6.07, 6.45) is 23.9. The van der Waals surface area contributed by atoms with Crippen molar-refractivity contribution in [3.8, 4) is 0 Å². The Hall–Kier alpha value is 0.470. The molecule has 2 nitrogen and oxygen atoms in total. The maximum absolute atomic E-state index is 10.9. The summed E-state index contributed by atoms with van der Waals surface area (Å²) in [5, 5.41) is 0. The third kappa shape index (κ3) is 22.5. The molecule has 0 aliphatic rings. The molecular weight excluding hydrogens is 307 g/mol. The van der Waals surface area contributed by atoms with E-state index < -0.39 is 0 Å². The first-order chi connectivity index (χ1) is 11.3. The van der Waals surface area contributed by atoms with Crippen LogP contribution in [-0.4, -0.2) is 42.6 Å². The molecule has 0 aromatic heterocycles. The molecule has 0 aromatic rings. The van der Waals surface area contributed by atoms with Crippen LogP contribution in [0.15, 0.2) is 0 Å². The minimum atomic E-state index is -0.0639. The summed E-state index contributed by atoms with van der Waals surface area (Å²) in [6, 6.07) is 0. The van der Waals surface area contributed by atoms with E-state index in [1.165, 1.54) is 110 Å². The number of esters is 1. The van der Waals surface area contributed by atoms with Crippen molar-refractivity contribution in [3.05, 3.63) is 0 Å². The molecule has 0 aliphatic carbocycles. The van der Waals surface area contributed by atoms with Gasteiger partial charge in [0.2, 0.25) is 0 Å². The zero-order chi connectivity index (χ0) is 17.0.